The molecule has 7 nitrogen and oxygen atoms in total. The lowest BCUT2D eigenvalue weighted by Gasteiger charge is -2.30. The van der Waals surface area contributed by atoms with E-state index >= 15 is 0 Å². The molecule has 2 rings (SSSR count). The highest BCUT2D eigenvalue weighted by molar-refractivity contribution is 5.78. The number of carbonyl (C=O) groups is 1. The summed E-state index contributed by atoms with van der Waals surface area (Å²) < 4.78 is 16.6. The molecule has 0 heterocycles. The topological polar surface area (TPSA) is 103 Å². The molecule has 0 aliphatic carbocycles. The Labute approximate surface area is 254 Å². The molecule has 0 unspecified atom stereocenters. The number of ether oxygens (including phenoxy) is 3. The SMILES string of the molecule is COCCCOc1cc(C[C@@H](C[C@H](N)[C@@H](O)C[C@H](C(=O)NCc2ccc(C(C)C)cc2)C(C)C)C(C)C)ccc1OC. The zero-order valence-electron chi connectivity index (χ0n) is 27.2. The molecule has 0 radical (unpaired) electrons. The Hall–Kier alpha value is -2.61. The number of methoxy groups -OCH3 is 2. The van der Waals surface area contributed by atoms with E-state index in [4.69, 9.17) is 19.9 Å². The molecule has 4 N–H and O–H groups in total. The minimum absolute atomic E-state index is 0.0409. The van der Waals surface area contributed by atoms with Gasteiger partial charge in [-0.05, 0) is 71.8 Å². The van der Waals surface area contributed by atoms with Crippen molar-refractivity contribution in [3.05, 3.63) is 59.2 Å². The van der Waals surface area contributed by atoms with Crippen LogP contribution in [0.1, 0.15) is 83.4 Å². The Morgan fingerprint density at radius 1 is 0.881 bits per heavy atom. The molecule has 2 aromatic carbocycles. The van der Waals surface area contributed by atoms with Gasteiger partial charge in [0, 0.05) is 38.6 Å². The fourth-order valence-electron chi connectivity index (χ4n) is 5.20. The molecule has 0 saturated heterocycles. The molecule has 0 aromatic heterocycles. The van der Waals surface area contributed by atoms with Crippen LogP contribution in [0.15, 0.2) is 42.5 Å². The maximum absolute atomic E-state index is 13.2. The maximum atomic E-state index is 13.2. The van der Waals surface area contributed by atoms with Crippen molar-refractivity contribution >= 4 is 5.91 Å². The number of nitrogens with one attached hydrogen (secondary N) is 1. The van der Waals surface area contributed by atoms with Gasteiger partial charge in [-0.2, -0.15) is 0 Å². The molecule has 0 fully saturated rings. The second kappa shape index (κ2) is 18.1. The molecule has 0 saturated carbocycles. The quantitative estimate of drug-likeness (QED) is 0.172. The fourth-order valence-corrected chi connectivity index (χ4v) is 5.20. The zero-order chi connectivity index (χ0) is 31.2. The Bertz CT molecular complexity index is 1050. The van der Waals surface area contributed by atoms with Gasteiger partial charge in [-0.25, -0.2) is 0 Å². The summed E-state index contributed by atoms with van der Waals surface area (Å²) >= 11 is 0. The molecule has 0 aliphatic heterocycles. The largest absolute Gasteiger partial charge is 0.493 e. The van der Waals surface area contributed by atoms with Crippen LogP contribution in [0.3, 0.4) is 0 Å². The second-order valence-electron chi connectivity index (χ2n) is 12.6. The highest BCUT2D eigenvalue weighted by Gasteiger charge is 2.29. The fraction of sp³-hybridized carbons (Fsp3) is 0.629. The Balaban J connectivity index is 2.00. The molecule has 4 atom stereocenters. The second-order valence-corrected chi connectivity index (χ2v) is 12.6. The Kier molecular flexibility index (Phi) is 15.4. The first-order valence-corrected chi connectivity index (χ1v) is 15.6. The van der Waals surface area contributed by atoms with Crippen molar-refractivity contribution in [3.63, 3.8) is 0 Å². The van der Waals surface area contributed by atoms with Gasteiger partial charge < -0.3 is 30.4 Å². The summed E-state index contributed by atoms with van der Waals surface area (Å²) in [7, 11) is 3.32. The standard InChI is InChI=1S/C35H56N2O5/c1-23(2)28-13-10-26(11-14-28)22-37-35(39)30(25(5)6)21-32(38)31(36)20-29(24(3)4)18-27-12-15-33(41-8)34(19-27)42-17-9-16-40-7/h10-15,19,23-25,29-32,38H,9,16-18,20-22,36H2,1-8H3,(H,37,39)/t29-,30-,31-,32-/m0/s1. The Morgan fingerprint density at radius 3 is 2.12 bits per heavy atom. The first-order valence-electron chi connectivity index (χ1n) is 15.6. The minimum Gasteiger partial charge on any atom is -0.493 e. The number of hydrogen-bond acceptors (Lipinski definition) is 6. The van der Waals surface area contributed by atoms with Gasteiger partial charge in [-0.15, -0.1) is 0 Å². The average molecular weight is 585 g/mol. The molecule has 1 amide bonds. The average Bonchev–Trinajstić information content (AvgIpc) is 2.96. The van der Waals surface area contributed by atoms with Crippen molar-refractivity contribution in [2.75, 3.05) is 27.4 Å². The van der Waals surface area contributed by atoms with Crippen molar-refractivity contribution in [2.24, 2.45) is 29.4 Å². The van der Waals surface area contributed by atoms with Crippen LogP contribution in [0.2, 0.25) is 0 Å². The number of aliphatic hydroxyl groups is 1. The normalized spacial score (nSPS) is 14.6. The van der Waals surface area contributed by atoms with Gasteiger partial charge in [0.05, 0.1) is 19.8 Å². The molecule has 0 bridgehead atoms. The maximum Gasteiger partial charge on any atom is 0.223 e. The number of benzene rings is 2. The van der Waals surface area contributed by atoms with Gasteiger partial charge >= 0.3 is 0 Å². The van der Waals surface area contributed by atoms with Crippen molar-refractivity contribution in [1.82, 2.24) is 5.32 Å². The summed E-state index contributed by atoms with van der Waals surface area (Å²) in [5.41, 5.74) is 10.1. The van der Waals surface area contributed by atoms with E-state index in [0.29, 0.717) is 50.2 Å². The smallest absolute Gasteiger partial charge is 0.223 e. The lowest BCUT2D eigenvalue weighted by molar-refractivity contribution is -0.127. The van der Waals surface area contributed by atoms with Crippen molar-refractivity contribution in [3.8, 4) is 11.5 Å². The molecular formula is C35H56N2O5. The third kappa shape index (κ3) is 11.6. The number of rotatable bonds is 19. The van der Waals surface area contributed by atoms with Crippen LogP contribution in [0.25, 0.3) is 0 Å². The zero-order valence-corrected chi connectivity index (χ0v) is 27.2. The van der Waals surface area contributed by atoms with E-state index in [0.717, 1.165) is 29.7 Å². The number of aliphatic hydroxyl groups excluding tert-OH is 1. The summed E-state index contributed by atoms with van der Waals surface area (Å²) in [5.74, 6) is 2.23. The number of carbonyl (C=O) groups excluding carboxylic acids is 1. The van der Waals surface area contributed by atoms with Crippen LogP contribution in [0.4, 0.5) is 0 Å². The van der Waals surface area contributed by atoms with Gasteiger partial charge in [0.15, 0.2) is 11.5 Å². The lowest BCUT2D eigenvalue weighted by Crippen LogP contribution is -2.42. The highest BCUT2D eigenvalue weighted by Crippen LogP contribution is 2.32. The minimum atomic E-state index is -0.773. The van der Waals surface area contributed by atoms with E-state index in [1.807, 2.05) is 26.0 Å². The predicted octanol–water partition coefficient (Wildman–Crippen LogP) is 6.11. The summed E-state index contributed by atoms with van der Waals surface area (Å²) in [6, 6.07) is 14.0. The van der Waals surface area contributed by atoms with Crippen LogP contribution in [-0.2, 0) is 22.5 Å². The van der Waals surface area contributed by atoms with Crippen LogP contribution < -0.4 is 20.5 Å². The van der Waals surface area contributed by atoms with Crippen LogP contribution in [-0.4, -0.2) is 50.6 Å². The van der Waals surface area contributed by atoms with E-state index in [-0.39, 0.29) is 23.7 Å². The van der Waals surface area contributed by atoms with Crippen LogP contribution in [0, 0.1) is 23.7 Å². The van der Waals surface area contributed by atoms with Crippen molar-refractivity contribution < 1.29 is 24.1 Å². The number of hydrogen-bond donors (Lipinski definition) is 3. The first kappa shape index (κ1) is 35.6. The molecule has 0 aliphatic rings. The molecular weight excluding hydrogens is 528 g/mol. The van der Waals surface area contributed by atoms with E-state index in [1.165, 1.54) is 5.56 Å². The van der Waals surface area contributed by atoms with Crippen LogP contribution >= 0.6 is 0 Å². The highest BCUT2D eigenvalue weighted by atomic mass is 16.5. The van der Waals surface area contributed by atoms with Gasteiger partial charge in [0.1, 0.15) is 0 Å². The van der Waals surface area contributed by atoms with Crippen LogP contribution in [0.5, 0.6) is 11.5 Å². The number of amides is 1. The van der Waals surface area contributed by atoms with Gasteiger partial charge in [-0.1, -0.05) is 71.9 Å². The van der Waals surface area contributed by atoms with Gasteiger partial charge in [-0.3, -0.25) is 4.79 Å². The molecule has 2 aromatic rings. The Morgan fingerprint density at radius 2 is 1.55 bits per heavy atom. The van der Waals surface area contributed by atoms with E-state index in [9.17, 15) is 9.90 Å². The molecule has 42 heavy (non-hydrogen) atoms. The van der Waals surface area contributed by atoms with E-state index in [2.05, 4.69) is 63.3 Å². The van der Waals surface area contributed by atoms with Crippen molar-refractivity contribution in [2.45, 2.75) is 91.8 Å². The van der Waals surface area contributed by atoms with Gasteiger partial charge in [0.25, 0.3) is 0 Å². The predicted molar refractivity (Wildman–Crippen MR) is 171 cm³/mol. The molecule has 7 heteroatoms. The molecule has 236 valence electrons. The van der Waals surface area contributed by atoms with E-state index in [1.54, 1.807) is 14.2 Å². The van der Waals surface area contributed by atoms with E-state index < -0.39 is 12.1 Å². The first-order chi connectivity index (χ1) is 20.0. The summed E-state index contributed by atoms with van der Waals surface area (Å²) in [6.07, 6.45) is 1.82. The third-order valence-corrected chi connectivity index (χ3v) is 8.24. The number of nitrogens with two attached hydrogens (primary N) is 1. The summed E-state index contributed by atoms with van der Waals surface area (Å²) in [5, 5.41) is 14.2. The van der Waals surface area contributed by atoms with Crippen molar-refractivity contribution in [1.29, 1.82) is 0 Å². The third-order valence-electron chi connectivity index (χ3n) is 8.24. The van der Waals surface area contributed by atoms with Gasteiger partial charge in [0.2, 0.25) is 5.91 Å². The lowest BCUT2D eigenvalue weighted by atomic mass is 9.81. The monoisotopic (exact) mass is 584 g/mol. The summed E-state index contributed by atoms with van der Waals surface area (Å²) in [4.78, 5) is 13.2. The molecule has 0 spiro atoms. The summed E-state index contributed by atoms with van der Waals surface area (Å²) in [6.45, 7) is 14.4.